The molecule has 0 fully saturated rings. The van der Waals surface area contributed by atoms with Gasteiger partial charge in [-0.2, -0.15) is 0 Å². The molecular formula is C7H12O5. The number of carboxylic acid groups (broad SMARTS) is 2. The van der Waals surface area contributed by atoms with Crippen molar-refractivity contribution >= 4 is 11.9 Å². The molecule has 2 N–H and O–H groups in total. The molecule has 0 radical (unpaired) electrons. The normalized spacial score (nSPS) is 12.9. The number of carbonyl (C=O) groups is 2. The quantitative estimate of drug-likeness (QED) is 0.631. The van der Waals surface area contributed by atoms with Gasteiger partial charge in [0.15, 0.2) is 6.10 Å². The summed E-state index contributed by atoms with van der Waals surface area (Å²) >= 11 is 0. The Labute approximate surface area is 70.0 Å². The third-order valence-corrected chi connectivity index (χ3v) is 1.07. The van der Waals surface area contributed by atoms with E-state index in [9.17, 15) is 9.59 Å². The van der Waals surface area contributed by atoms with E-state index in [0.717, 1.165) is 0 Å². The number of carboxylic acids is 2. The average molecular weight is 176 g/mol. The zero-order valence-corrected chi connectivity index (χ0v) is 6.98. The van der Waals surface area contributed by atoms with Gasteiger partial charge in [-0.05, 0) is 13.8 Å². The maximum Gasteiger partial charge on any atom is 0.333 e. The lowest BCUT2D eigenvalue weighted by atomic mass is 10.2. The highest BCUT2D eigenvalue weighted by atomic mass is 16.5. The zero-order chi connectivity index (χ0) is 9.72. The van der Waals surface area contributed by atoms with Crippen LogP contribution in [0.3, 0.4) is 0 Å². The second-order valence-corrected chi connectivity index (χ2v) is 2.61. The molecule has 0 aromatic carbocycles. The molecule has 0 amide bonds. The van der Waals surface area contributed by atoms with Crippen LogP contribution in [0.15, 0.2) is 0 Å². The number of aliphatic carboxylic acids is 2. The van der Waals surface area contributed by atoms with Crippen LogP contribution in [0.2, 0.25) is 0 Å². The van der Waals surface area contributed by atoms with Gasteiger partial charge in [-0.25, -0.2) is 4.79 Å². The van der Waals surface area contributed by atoms with Crippen LogP contribution >= 0.6 is 0 Å². The molecule has 0 aromatic heterocycles. The standard InChI is InChI=1S/C7H12O5/c1-4(2)12-5(7(10)11)3-6(8)9/h4-5H,3H2,1-2H3,(H,8,9)(H,10,11)/t5-/m1/s1. The number of hydrogen-bond donors (Lipinski definition) is 2. The van der Waals surface area contributed by atoms with Gasteiger partial charge >= 0.3 is 11.9 Å². The van der Waals surface area contributed by atoms with Crippen molar-refractivity contribution in [3.05, 3.63) is 0 Å². The third-order valence-electron chi connectivity index (χ3n) is 1.07. The molecule has 0 rings (SSSR count). The van der Waals surface area contributed by atoms with Crippen molar-refractivity contribution in [3.8, 4) is 0 Å². The first-order chi connectivity index (χ1) is 5.43. The molecule has 0 aliphatic carbocycles. The molecular weight excluding hydrogens is 164 g/mol. The van der Waals surface area contributed by atoms with Crippen LogP contribution in [0, 0.1) is 0 Å². The van der Waals surface area contributed by atoms with Gasteiger partial charge in [-0.1, -0.05) is 0 Å². The summed E-state index contributed by atoms with van der Waals surface area (Å²) in [5.41, 5.74) is 0. The Morgan fingerprint density at radius 1 is 1.33 bits per heavy atom. The SMILES string of the molecule is CC(C)O[C@H](CC(=O)O)C(=O)O. The summed E-state index contributed by atoms with van der Waals surface area (Å²) in [5.74, 6) is -2.42. The average Bonchev–Trinajstić information content (AvgIpc) is 1.83. The van der Waals surface area contributed by atoms with E-state index < -0.39 is 24.5 Å². The van der Waals surface area contributed by atoms with Crippen LogP contribution in [-0.2, 0) is 14.3 Å². The molecule has 0 saturated carbocycles. The van der Waals surface area contributed by atoms with E-state index >= 15 is 0 Å². The van der Waals surface area contributed by atoms with Crippen molar-refractivity contribution in [2.45, 2.75) is 32.5 Å². The van der Waals surface area contributed by atoms with E-state index in [4.69, 9.17) is 14.9 Å². The molecule has 5 heteroatoms. The van der Waals surface area contributed by atoms with Gasteiger partial charge in [-0.3, -0.25) is 4.79 Å². The van der Waals surface area contributed by atoms with Crippen molar-refractivity contribution in [1.82, 2.24) is 0 Å². The zero-order valence-electron chi connectivity index (χ0n) is 6.98. The van der Waals surface area contributed by atoms with E-state index in [0.29, 0.717) is 0 Å². The van der Waals surface area contributed by atoms with E-state index in [1.165, 1.54) is 0 Å². The van der Waals surface area contributed by atoms with Crippen molar-refractivity contribution in [3.63, 3.8) is 0 Å². The van der Waals surface area contributed by atoms with Gasteiger partial charge in [-0.15, -0.1) is 0 Å². The minimum Gasteiger partial charge on any atom is -0.481 e. The first-order valence-electron chi connectivity index (χ1n) is 3.53. The van der Waals surface area contributed by atoms with Crippen LogP contribution in [0.25, 0.3) is 0 Å². The molecule has 0 bridgehead atoms. The largest absolute Gasteiger partial charge is 0.481 e. The Hall–Kier alpha value is -1.10. The smallest absolute Gasteiger partial charge is 0.333 e. The maximum atomic E-state index is 10.4. The Balaban J connectivity index is 4.04. The summed E-state index contributed by atoms with van der Waals surface area (Å²) < 4.78 is 4.84. The van der Waals surface area contributed by atoms with Crippen LogP contribution in [0.5, 0.6) is 0 Å². The number of ether oxygens (including phenoxy) is 1. The van der Waals surface area contributed by atoms with E-state index in [2.05, 4.69) is 0 Å². The molecule has 0 aromatic rings. The highest BCUT2D eigenvalue weighted by Crippen LogP contribution is 2.02. The van der Waals surface area contributed by atoms with Crippen molar-refractivity contribution in [2.24, 2.45) is 0 Å². The molecule has 12 heavy (non-hydrogen) atoms. The molecule has 0 unspecified atom stereocenters. The molecule has 0 saturated heterocycles. The summed E-state index contributed by atoms with van der Waals surface area (Å²) in [6, 6.07) is 0. The summed E-state index contributed by atoms with van der Waals surface area (Å²) in [5, 5.41) is 16.8. The summed E-state index contributed by atoms with van der Waals surface area (Å²) in [6.45, 7) is 3.30. The van der Waals surface area contributed by atoms with Gasteiger partial charge in [0.2, 0.25) is 0 Å². The summed E-state index contributed by atoms with van der Waals surface area (Å²) in [4.78, 5) is 20.5. The Morgan fingerprint density at radius 3 is 2.08 bits per heavy atom. The Kier molecular flexibility index (Phi) is 4.28. The number of rotatable bonds is 5. The minimum atomic E-state index is -1.25. The van der Waals surface area contributed by atoms with Crippen molar-refractivity contribution in [2.75, 3.05) is 0 Å². The topological polar surface area (TPSA) is 83.8 Å². The van der Waals surface area contributed by atoms with Crippen LogP contribution in [-0.4, -0.2) is 34.4 Å². The molecule has 1 atom stereocenters. The molecule has 0 aliphatic heterocycles. The van der Waals surface area contributed by atoms with Crippen molar-refractivity contribution in [1.29, 1.82) is 0 Å². The first-order valence-corrected chi connectivity index (χ1v) is 3.53. The lowest BCUT2D eigenvalue weighted by Gasteiger charge is -2.13. The predicted molar refractivity (Wildman–Crippen MR) is 39.9 cm³/mol. The van der Waals surface area contributed by atoms with E-state index in [-0.39, 0.29) is 6.10 Å². The van der Waals surface area contributed by atoms with Gasteiger partial charge in [0, 0.05) is 0 Å². The Morgan fingerprint density at radius 2 is 1.83 bits per heavy atom. The maximum absolute atomic E-state index is 10.4. The van der Waals surface area contributed by atoms with Crippen LogP contribution in [0.1, 0.15) is 20.3 Å². The lowest BCUT2D eigenvalue weighted by molar-refractivity contribution is -0.159. The first kappa shape index (κ1) is 10.9. The number of hydrogen-bond acceptors (Lipinski definition) is 3. The summed E-state index contributed by atoms with van der Waals surface area (Å²) in [7, 11) is 0. The molecule has 5 nitrogen and oxygen atoms in total. The van der Waals surface area contributed by atoms with E-state index in [1.54, 1.807) is 13.8 Å². The molecule has 0 heterocycles. The summed E-state index contributed by atoms with van der Waals surface area (Å²) in [6.07, 6.45) is -2.04. The van der Waals surface area contributed by atoms with Crippen LogP contribution in [0.4, 0.5) is 0 Å². The van der Waals surface area contributed by atoms with Crippen LogP contribution < -0.4 is 0 Å². The van der Waals surface area contributed by atoms with Gasteiger partial charge in [0.1, 0.15) is 0 Å². The highest BCUT2D eigenvalue weighted by molar-refractivity contribution is 5.79. The monoisotopic (exact) mass is 176 g/mol. The third kappa shape index (κ3) is 4.68. The predicted octanol–water partition coefficient (Wildman–Crippen LogP) is 0.339. The van der Waals surface area contributed by atoms with E-state index in [1.807, 2.05) is 0 Å². The highest BCUT2D eigenvalue weighted by Gasteiger charge is 2.22. The van der Waals surface area contributed by atoms with Gasteiger partial charge < -0.3 is 14.9 Å². The molecule has 70 valence electrons. The minimum absolute atomic E-state index is 0.287. The van der Waals surface area contributed by atoms with Gasteiger partial charge in [0.25, 0.3) is 0 Å². The van der Waals surface area contributed by atoms with Gasteiger partial charge in [0.05, 0.1) is 12.5 Å². The molecule has 0 aliphatic rings. The second kappa shape index (κ2) is 4.71. The fourth-order valence-electron chi connectivity index (χ4n) is 0.681. The second-order valence-electron chi connectivity index (χ2n) is 2.61. The fourth-order valence-corrected chi connectivity index (χ4v) is 0.681. The molecule has 0 spiro atoms. The fraction of sp³-hybridized carbons (Fsp3) is 0.714. The Bertz CT molecular complexity index is 175. The lowest BCUT2D eigenvalue weighted by Crippen LogP contribution is -2.29. The van der Waals surface area contributed by atoms with Crippen molar-refractivity contribution < 1.29 is 24.5 Å².